The Hall–Kier alpha value is -2.85. The zero-order valence-electron chi connectivity index (χ0n) is 11.9. The number of nitrogens with one attached hydrogen (secondary N) is 1. The third-order valence-corrected chi connectivity index (χ3v) is 3.73. The largest absolute Gasteiger partial charge is 0.477 e. The van der Waals surface area contributed by atoms with Crippen LogP contribution in [0.25, 0.3) is 10.8 Å². The number of H-pyrrole nitrogens is 1. The average molecular weight is 366 g/mol. The number of aliphatic carboxylic acids is 1. The van der Waals surface area contributed by atoms with Crippen molar-refractivity contribution < 1.29 is 41.1 Å². The normalized spacial score (nSPS) is 28.7. The third-order valence-electron chi connectivity index (χ3n) is 3.73. The number of carboxylic acids is 1. The van der Waals surface area contributed by atoms with E-state index in [1.54, 1.807) is 0 Å². The van der Waals surface area contributed by atoms with Crippen molar-refractivity contribution in [1.29, 1.82) is 0 Å². The highest BCUT2D eigenvalue weighted by atomic mass is 19.3. The first kappa shape index (κ1) is 17.0. The van der Waals surface area contributed by atoms with Gasteiger partial charge in [0, 0.05) is 17.8 Å². The van der Waals surface area contributed by atoms with Gasteiger partial charge < -0.3 is 14.8 Å². The van der Waals surface area contributed by atoms with Gasteiger partial charge in [-0.05, 0) is 23.6 Å². The van der Waals surface area contributed by atoms with Gasteiger partial charge in [-0.3, -0.25) is 0 Å². The molecule has 0 saturated carbocycles. The molecule has 1 aliphatic heterocycles. The van der Waals surface area contributed by atoms with Gasteiger partial charge in [0.1, 0.15) is 5.75 Å². The first-order valence-electron chi connectivity index (χ1n) is 6.61. The summed E-state index contributed by atoms with van der Waals surface area (Å²) in [6.45, 7) is 0. The minimum absolute atomic E-state index is 0.362. The Balaban J connectivity index is 2.11. The lowest BCUT2D eigenvalue weighted by Gasteiger charge is -2.42. The number of alkyl halides is 4. The maximum Gasteiger partial charge on any atom is 0.388 e. The summed E-state index contributed by atoms with van der Waals surface area (Å²) in [6, 6.07) is 3.30. The van der Waals surface area contributed by atoms with E-state index in [9.17, 15) is 31.2 Å². The van der Waals surface area contributed by atoms with E-state index in [0.717, 1.165) is 12.1 Å². The van der Waals surface area contributed by atoms with Gasteiger partial charge in [0.05, 0.1) is 6.20 Å². The highest BCUT2D eigenvalue weighted by Gasteiger charge is 2.82. The lowest BCUT2D eigenvalue weighted by atomic mass is 9.94. The Morgan fingerprint density at radius 2 is 1.80 bits per heavy atom. The lowest BCUT2D eigenvalue weighted by Crippen LogP contribution is -2.71. The van der Waals surface area contributed by atoms with E-state index >= 15 is 0 Å². The molecule has 2 atom stereocenters. The fourth-order valence-corrected chi connectivity index (χ4v) is 2.36. The Bertz CT molecular complexity index is 884. The average Bonchev–Trinajstić information content (AvgIpc) is 2.99. The van der Waals surface area contributed by atoms with Crippen LogP contribution in [0, 0.1) is 0 Å². The van der Waals surface area contributed by atoms with E-state index in [1.165, 1.54) is 18.5 Å². The summed E-state index contributed by atoms with van der Waals surface area (Å²) in [7, 11) is 0. The van der Waals surface area contributed by atoms with Crippen molar-refractivity contribution in [1.82, 2.24) is 10.1 Å². The number of hydrogen-bond acceptors (Lipinski definition) is 3. The molecule has 11 heteroatoms. The molecule has 2 N–H and O–H groups in total. The molecule has 2 aromatic rings. The number of carbonyl (C=O) groups is 1. The highest BCUT2D eigenvalue weighted by Crippen LogP contribution is 2.53. The number of fused-ring (bicyclic) bond motifs is 1. The molecule has 0 saturated heterocycles. The van der Waals surface area contributed by atoms with Crippen LogP contribution in [-0.4, -0.2) is 38.8 Å². The quantitative estimate of drug-likeness (QED) is 0.495. The van der Waals surface area contributed by atoms with Crippen LogP contribution in [0.15, 0.2) is 42.6 Å². The van der Waals surface area contributed by atoms with E-state index in [0.29, 0.717) is 10.8 Å². The molecule has 2 heterocycles. The number of carboxylic acid groups (broad SMARTS) is 1. The minimum atomic E-state index is -5.77. The van der Waals surface area contributed by atoms with Gasteiger partial charge in [0.25, 0.3) is 0 Å². The number of rotatable bonds is 3. The van der Waals surface area contributed by atoms with Crippen LogP contribution in [-0.2, 0) is 4.79 Å². The molecule has 1 aliphatic rings. The molecule has 0 spiro atoms. The van der Waals surface area contributed by atoms with E-state index in [4.69, 9.17) is 5.11 Å². The zero-order valence-corrected chi connectivity index (χ0v) is 11.9. The predicted octanol–water partition coefficient (Wildman–Crippen LogP) is 3.61. The van der Waals surface area contributed by atoms with Crippen LogP contribution in [0.5, 0.6) is 5.75 Å². The summed E-state index contributed by atoms with van der Waals surface area (Å²) in [5, 5.41) is 7.78. The Morgan fingerprint density at radius 3 is 2.44 bits per heavy atom. The summed E-state index contributed by atoms with van der Waals surface area (Å²) in [6.07, 6.45) is 2.22. The zero-order chi connectivity index (χ0) is 18.6. The van der Waals surface area contributed by atoms with Crippen molar-refractivity contribution in [2.45, 2.75) is 17.6 Å². The lowest BCUT2D eigenvalue weighted by molar-refractivity contribution is -0.337. The highest BCUT2D eigenvalue weighted by molar-refractivity contribution is 5.83. The number of hydrogen-bond donors (Lipinski definition) is 2. The molecule has 0 aliphatic carbocycles. The second kappa shape index (κ2) is 5.07. The number of benzene rings is 1. The van der Waals surface area contributed by atoms with Crippen LogP contribution >= 0.6 is 0 Å². The van der Waals surface area contributed by atoms with Gasteiger partial charge in [-0.2, -0.15) is 22.7 Å². The SMILES string of the molecule is O=C(O)[C@]1(F)N(F)C=C(F)[C@](F)(Oc2ccc3c[nH]cc3c2)C1(F)F. The van der Waals surface area contributed by atoms with Crippen LogP contribution in [0.3, 0.4) is 0 Å². The van der Waals surface area contributed by atoms with Crippen molar-refractivity contribution in [2.24, 2.45) is 0 Å². The molecular formula is C14H8F6N2O3. The van der Waals surface area contributed by atoms with Gasteiger partial charge in [0.15, 0.2) is 0 Å². The van der Waals surface area contributed by atoms with Gasteiger partial charge in [-0.25, -0.2) is 9.18 Å². The molecule has 0 bridgehead atoms. The van der Waals surface area contributed by atoms with Crippen molar-refractivity contribution in [3.05, 3.63) is 42.6 Å². The van der Waals surface area contributed by atoms with Crippen LogP contribution in [0.1, 0.15) is 0 Å². The summed E-state index contributed by atoms with van der Waals surface area (Å²) in [5.74, 6) is -22.1. The number of nitrogens with zero attached hydrogens (tertiary/aromatic N) is 1. The first-order valence-corrected chi connectivity index (χ1v) is 6.61. The van der Waals surface area contributed by atoms with Gasteiger partial charge >= 0.3 is 23.5 Å². The Labute approximate surface area is 135 Å². The summed E-state index contributed by atoms with van der Waals surface area (Å²) in [5.41, 5.74) is 0. The molecule has 3 rings (SSSR count). The maximum absolute atomic E-state index is 14.7. The molecule has 134 valence electrons. The molecule has 0 radical (unpaired) electrons. The van der Waals surface area contributed by atoms with Crippen molar-refractivity contribution in [3.8, 4) is 5.75 Å². The Morgan fingerprint density at radius 1 is 1.16 bits per heavy atom. The molecule has 1 aromatic heterocycles. The molecule has 5 nitrogen and oxygen atoms in total. The molecule has 1 aromatic carbocycles. The number of halogens is 6. The van der Waals surface area contributed by atoms with Gasteiger partial charge in [0.2, 0.25) is 5.83 Å². The second-order valence-electron chi connectivity index (χ2n) is 5.23. The fraction of sp³-hybridized carbons (Fsp3) is 0.214. The van der Waals surface area contributed by atoms with E-state index < -0.39 is 46.4 Å². The van der Waals surface area contributed by atoms with E-state index in [2.05, 4.69) is 9.72 Å². The van der Waals surface area contributed by atoms with Crippen LogP contribution in [0.4, 0.5) is 26.4 Å². The standard InChI is InChI=1S/C14H8F6N2O3/c15-10-6-22(20)12(16,11(23)24)14(18,19)13(10,17)25-9-2-1-7-4-21-5-8(7)3-9/h1-6,21H,(H,23,24)/t12-,13-/m0/s1. The van der Waals surface area contributed by atoms with E-state index in [1.807, 2.05) is 0 Å². The second-order valence-corrected chi connectivity index (χ2v) is 5.23. The number of aromatic nitrogens is 1. The molecule has 0 unspecified atom stereocenters. The van der Waals surface area contributed by atoms with Crippen molar-refractivity contribution in [3.63, 3.8) is 0 Å². The first-order chi connectivity index (χ1) is 11.5. The topological polar surface area (TPSA) is 65.6 Å². The summed E-state index contributed by atoms with van der Waals surface area (Å²) < 4.78 is 88.5. The fourth-order valence-electron chi connectivity index (χ4n) is 2.36. The monoisotopic (exact) mass is 366 g/mol. The number of aromatic amines is 1. The third kappa shape index (κ3) is 2.07. The molecule has 0 amide bonds. The smallest absolute Gasteiger partial charge is 0.388 e. The minimum Gasteiger partial charge on any atom is -0.477 e. The van der Waals surface area contributed by atoms with Gasteiger partial charge in [-0.15, -0.1) is 0 Å². The van der Waals surface area contributed by atoms with Crippen molar-refractivity contribution >= 4 is 16.7 Å². The van der Waals surface area contributed by atoms with Crippen LogP contribution in [0.2, 0.25) is 0 Å². The number of ether oxygens (including phenoxy) is 1. The predicted molar refractivity (Wildman–Crippen MR) is 71.3 cm³/mol. The van der Waals surface area contributed by atoms with E-state index in [-0.39, 0.29) is 0 Å². The molecule has 0 fully saturated rings. The molecule has 25 heavy (non-hydrogen) atoms. The van der Waals surface area contributed by atoms with Crippen LogP contribution < -0.4 is 4.74 Å². The van der Waals surface area contributed by atoms with Gasteiger partial charge in [-0.1, -0.05) is 4.48 Å². The Kier molecular flexibility index (Phi) is 3.45. The van der Waals surface area contributed by atoms with Crippen molar-refractivity contribution in [2.75, 3.05) is 0 Å². The molecular weight excluding hydrogens is 358 g/mol. The summed E-state index contributed by atoms with van der Waals surface area (Å²) >= 11 is 0. The maximum atomic E-state index is 14.7. The summed E-state index contributed by atoms with van der Waals surface area (Å²) in [4.78, 5) is 13.4.